The second-order valence-electron chi connectivity index (χ2n) is 6.56. The normalized spacial score (nSPS) is 12.8. The molecule has 0 unspecified atom stereocenters. The molecule has 0 bridgehead atoms. The Morgan fingerprint density at radius 2 is 1.65 bits per heavy atom. The van der Waals surface area contributed by atoms with Gasteiger partial charge in [0.2, 0.25) is 0 Å². The lowest BCUT2D eigenvalue weighted by molar-refractivity contribution is 0.0980. The first kappa shape index (κ1) is 17.9. The number of anilines is 3. The lowest BCUT2D eigenvalue weighted by atomic mass is 9.82. The highest BCUT2D eigenvalue weighted by molar-refractivity contribution is 6.32. The van der Waals surface area contributed by atoms with E-state index in [1.165, 1.54) is 0 Å². The van der Waals surface area contributed by atoms with Crippen LogP contribution in [0.1, 0.15) is 45.7 Å². The molecule has 0 spiro atoms. The topological polar surface area (TPSA) is 93.4 Å². The number of ether oxygens (including phenoxy) is 1. The summed E-state index contributed by atoms with van der Waals surface area (Å²) >= 11 is 0. The summed E-state index contributed by atoms with van der Waals surface area (Å²) in [4.78, 5) is 26.2. The van der Waals surface area contributed by atoms with E-state index < -0.39 is 0 Å². The molecule has 0 aromatic heterocycles. The summed E-state index contributed by atoms with van der Waals surface area (Å²) in [7, 11) is 1.61. The predicted molar refractivity (Wildman–Crippen MR) is 103 cm³/mol. The molecule has 0 heterocycles. The second kappa shape index (κ2) is 7.17. The Morgan fingerprint density at radius 3 is 2.23 bits per heavy atom. The fourth-order valence-corrected chi connectivity index (χ4v) is 3.18. The number of nitrogens with two attached hydrogens (primary N) is 1. The number of methoxy groups -OCH3 is 1. The zero-order valence-electron chi connectivity index (χ0n) is 15.2. The maximum Gasteiger partial charge on any atom is 0.196 e. The van der Waals surface area contributed by atoms with Gasteiger partial charge in [0, 0.05) is 36.5 Å². The quantitative estimate of drug-likeness (QED) is 0.466. The van der Waals surface area contributed by atoms with Gasteiger partial charge in [0.05, 0.1) is 29.1 Å². The van der Waals surface area contributed by atoms with Crippen molar-refractivity contribution in [3.63, 3.8) is 0 Å². The van der Waals surface area contributed by atoms with Crippen molar-refractivity contribution >= 4 is 28.6 Å². The van der Waals surface area contributed by atoms with Gasteiger partial charge in [-0.3, -0.25) is 9.59 Å². The summed E-state index contributed by atoms with van der Waals surface area (Å²) < 4.78 is 5.08. The van der Waals surface area contributed by atoms with Gasteiger partial charge in [0.25, 0.3) is 0 Å². The molecule has 26 heavy (non-hydrogen) atoms. The largest absolute Gasteiger partial charge is 0.396 e. The molecule has 0 aliphatic heterocycles. The summed E-state index contributed by atoms with van der Waals surface area (Å²) in [6.45, 7) is 4.96. The van der Waals surface area contributed by atoms with Crippen molar-refractivity contribution in [2.45, 2.75) is 19.9 Å². The summed E-state index contributed by atoms with van der Waals surface area (Å²) in [6.07, 6.45) is 0. The van der Waals surface area contributed by atoms with Crippen LogP contribution < -0.4 is 16.4 Å². The van der Waals surface area contributed by atoms with Crippen LogP contribution in [0.3, 0.4) is 0 Å². The van der Waals surface area contributed by atoms with Crippen LogP contribution in [0.2, 0.25) is 0 Å². The average Bonchev–Trinajstić information content (AvgIpc) is 2.61. The van der Waals surface area contributed by atoms with Crippen molar-refractivity contribution in [1.29, 1.82) is 0 Å². The number of carbonyl (C=O) groups excluding carboxylic acids is 2. The number of hydrogen-bond acceptors (Lipinski definition) is 6. The van der Waals surface area contributed by atoms with Gasteiger partial charge >= 0.3 is 0 Å². The van der Waals surface area contributed by atoms with Crippen LogP contribution in [0.25, 0.3) is 0 Å². The number of fused-ring (bicyclic) bond motifs is 2. The minimum absolute atomic E-state index is 0.129. The van der Waals surface area contributed by atoms with E-state index in [1.54, 1.807) is 37.4 Å². The van der Waals surface area contributed by atoms with Gasteiger partial charge in [-0.05, 0) is 19.9 Å². The fourth-order valence-electron chi connectivity index (χ4n) is 3.18. The van der Waals surface area contributed by atoms with Crippen LogP contribution in [0, 0.1) is 0 Å². The van der Waals surface area contributed by atoms with Gasteiger partial charge < -0.3 is 21.1 Å². The lowest BCUT2D eigenvalue weighted by Gasteiger charge is -2.25. The van der Waals surface area contributed by atoms with Crippen LogP contribution in [0.4, 0.5) is 17.1 Å². The van der Waals surface area contributed by atoms with E-state index in [0.29, 0.717) is 46.9 Å². The molecule has 6 nitrogen and oxygen atoms in total. The molecular weight excluding hydrogens is 330 g/mol. The molecule has 1 aliphatic carbocycles. The SMILES string of the molecule is COCCNc1cc(NC(C)C)c(N)c2c1C(=O)c1ccccc1C2=O. The maximum absolute atomic E-state index is 13.1. The van der Waals surface area contributed by atoms with E-state index in [0.717, 1.165) is 0 Å². The lowest BCUT2D eigenvalue weighted by Crippen LogP contribution is -2.26. The van der Waals surface area contributed by atoms with Crippen LogP contribution in [0.15, 0.2) is 30.3 Å². The van der Waals surface area contributed by atoms with Crippen molar-refractivity contribution in [3.05, 3.63) is 52.6 Å². The zero-order valence-corrected chi connectivity index (χ0v) is 15.2. The minimum atomic E-state index is -0.227. The van der Waals surface area contributed by atoms with Crippen molar-refractivity contribution in [3.8, 4) is 0 Å². The number of hydrogen-bond donors (Lipinski definition) is 3. The first-order chi connectivity index (χ1) is 12.5. The Bertz CT molecular complexity index is 875. The van der Waals surface area contributed by atoms with E-state index in [1.807, 2.05) is 13.8 Å². The minimum Gasteiger partial charge on any atom is -0.396 e. The van der Waals surface area contributed by atoms with Gasteiger partial charge in [-0.1, -0.05) is 24.3 Å². The Kier molecular flexibility index (Phi) is 4.95. The van der Waals surface area contributed by atoms with Gasteiger partial charge in [0.15, 0.2) is 11.6 Å². The molecule has 0 saturated heterocycles. The summed E-state index contributed by atoms with van der Waals surface area (Å²) in [6, 6.07) is 8.77. The van der Waals surface area contributed by atoms with Crippen LogP contribution in [-0.4, -0.2) is 37.9 Å². The molecule has 0 fully saturated rings. The van der Waals surface area contributed by atoms with Gasteiger partial charge in [-0.2, -0.15) is 0 Å². The molecule has 2 aromatic carbocycles. The summed E-state index contributed by atoms with van der Waals surface area (Å²) in [5.74, 6) is -0.423. The summed E-state index contributed by atoms with van der Waals surface area (Å²) in [5, 5.41) is 6.46. The van der Waals surface area contributed by atoms with E-state index in [-0.39, 0.29) is 23.2 Å². The highest BCUT2D eigenvalue weighted by atomic mass is 16.5. The Balaban J connectivity index is 2.20. The van der Waals surface area contributed by atoms with E-state index in [2.05, 4.69) is 10.6 Å². The number of ketones is 2. The number of carbonyl (C=O) groups is 2. The third-order valence-electron chi connectivity index (χ3n) is 4.30. The molecule has 1 aliphatic rings. The van der Waals surface area contributed by atoms with Crippen molar-refractivity contribution in [2.24, 2.45) is 0 Å². The summed E-state index contributed by atoms with van der Waals surface area (Å²) in [5.41, 5.74) is 9.22. The maximum atomic E-state index is 13.1. The van der Waals surface area contributed by atoms with Crippen LogP contribution in [-0.2, 0) is 4.74 Å². The Labute approximate surface area is 152 Å². The molecule has 4 N–H and O–H groups in total. The van der Waals surface area contributed by atoms with Crippen LogP contribution in [0.5, 0.6) is 0 Å². The van der Waals surface area contributed by atoms with Gasteiger partial charge in [-0.15, -0.1) is 0 Å². The Hall–Kier alpha value is -2.86. The first-order valence-corrected chi connectivity index (χ1v) is 8.60. The van der Waals surface area contributed by atoms with Crippen molar-refractivity contribution < 1.29 is 14.3 Å². The molecule has 6 heteroatoms. The van der Waals surface area contributed by atoms with E-state index in [9.17, 15) is 9.59 Å². The third kappa shape index (κ3) is 3.04. The molecule has 3 rings (SSSR count). The third-order valence-corrected chi connectivity index (χ3v) is 4.30. The Morgan fingerprint density at radius 1 is 1.04 bits per heavy atom. The zero-order chi connectivity index (χ0) is 18.8. The molecule has 0 radical (unpaired) electrons. The van der Waals surface area contributed by atoms with E-state index in [4.69, 9.17) is 10.5 Å². The number of benzene rings is 2. The van der Waals surface area contributed by atoms with Crippen LogP contribution >= 0.6 is 0 Å². The van der Waals surface area contributed by atoms with E-state index >= 15 is 0 Å². The second-order valence-corrected chi connectivity index (χ2v) is 6.56. The highest BCUT2D eigenvalue weighted by Gasteiger charge is 2.34. The number of rotatable bonds is 6. The molecule has 2 aromatic rings. The molecule has 136 valence electrons. The number of nitrogen functional groups attached to an aromatic ring is 1. The van der Waals surface area contributed by atoms with Gasteiger partial charge in [0.1, 0.15) is 0 Å². The smallest absolute Gasteiger partial charge is 0.196 e. The molecule has 0 amide bonds. The van der Waals surface area contributed by atoms with Crippen molar-refractivity contribution in [2.75, 3.05) is 36.6 Å². The molecule has 0 atom stereocenters. The molecule has 0 saturated carbocycles. The van der Waals surface area contributed by atoms with Crippen molar-refractivity contribution in [1.82, 2.24) is 0 Å². The molecular formula is C20H23N3O3. The average molecular weight is 353 g/mol. The monoisotopic (exact) mass is 353 g/mol. The van der Waals surface area contributed by atoms with Gasteiger partial charge in [-0.25, -0.2) is 0 Å². The number of nitrogens with one attached hydrogen (secondary N) is 2. The standard InChI is InChI=1S/C20H23N3O3/c1-11(2)23-15-10-14(22-8-9-26-3)16-17(18(15)21)20(25)13-7-5-4-6-12(13)19(16)24/h4-7,10-11,22-23H,8-9,21H2,1-3H3. The predicted octanol–water partition coefficient (Wildman–Crippen LogP) is 2.92. The first-order valence-electron chi connectivity index (χ1n) is 8.60. The highest BCUT2D eigenvalue weighted by Crippen LogP contribution is 2.39. The fraction of sp³-hybridized carbons (Fsp3) is 0.300.